The second-order valence-electron chi connectivity index (χ2n) is 5.36. The van der Waals surface area contributed by atoms with Gasteiger partial charge in [0.2, 0.25) is 5.82 Å². The van der Waals surface area contributed by atoms with Crippen LogP contribution in [0, 0.1) is 15.5 Å². The topological polar surface area (TPSA) is 105 Å². The van der Waals surface area contributed by atoms with Crippen molar-refractivity contribution in [2.45, 2.75) is 33.7 Å². The number of carboxylic acid groups (broad SMARTS) is 1. The molecule has 0 saturated carbocycles. The van der Waals surface area contributed by atoms with Gasteiger partial charge in [-0.1, -0.05) is 20.8 Å². The van der Waals surface area contributed by atoms with E-state index in [4.69, 9.17) is 5.11 Å². The molecule has 0 aliphatic heterocycles. The Kier molecular flexibility index (Phi) is 4.08. The summed E-state index contributed by atoms with van der Waals surface area (Å²) in [5.41, 5.74) is -0.607. The highest BCUT2D eigenvalue weighted by atomic mass is 16.6. The first kappa shape index (κ1) is 14.9. The molecule has 0 radical (unpaired) electrons. The maximum absolute atomic E-state index is 10.9. The molecule has 7 nitrogen and oxygen atoms in total. The highest BCUT2D eigenvalue weighted by Crippen LogP contribution is 2.27. The van der Waals surface area contributed by atoms with Gasteiger partial charge in [-0.3, -0.25) is 10.1 Å². The van der Waals surface area contributed by atoms with E-state index in [0.717, 1.165) is 12.1 Å². The lowest BCUT2D eigenvalue weighted by molar-refractivity contribution is -0.384. The number of nitrogens with one attached hydrogen (secondary N) is 1. The number of pyridine rings is 1. The van der Waals surface area contributed by atoms with Crippen LogP contribution in [0.15, 0.2) is 12.1 Å². The van der Waals surface area contributed by atoms with Crippen molar-refractivity contribution in [3.8, 4) is 0 Å². The summed E-state index contributed by atoms with van der Waals surface area (Å²) in [4.78, 5) is 25.0. The number of carboxylic acids is 1. The molecule has 104 valence electrons. The molecule has 0 spiro atoms. The summed E-state index contributed by atoms with van der Waals surface area (Å²) in [6.07, 6.45) is 0. The molecule has 0 bridgehead atoms. The van der Waals surface area contributed by atoms with Crippen LogP contribution in [0.3, 0.4) is 0 Å². The third kappa shape index (κ3) is 3.64. The summed E-state index contributed by atoms with van der Waals surface area (Å²) in [6.45, 7) is 7.77. The van der Waals surface area contributed by atoms with Gasteiger partial charge in [-0.15, -0.1) is 0 Å². The summed E-state index contributed by atoms with van der Waals surface area (Å²) in [6, 6.07) is 2.16. The van der Waals surface area contributed by atoms with Gasteiger partial charge >= 0.3 is 11.7 Å². The molecular formula is C12H17N3O4. The van der Waals surface area contributed by atoms with E-state index in [0.29, 0.717) is 0 Å². The average Bonchev–Trinajstić information content (AvgIpc) is 2.27. The molecule has 0 aromatic carbocycles. The van der Waals surface area contributed by atoms with Gasteiger partial charge in [0, 0.05) is 12.1 Å². The Hall–Kier alpha value is -2.18. The first-order chi connectivity index (χ1) is 8.62. The monoisotopic (exact) mass is 267 g/mol. The molecule has 7 heteroatoms. The van der Waals surface area contributed by atoms with Gasteiger partial charge in [-0.2, -0.15) is 0 Å². The van der Waals surface area contributed by atoms with Gasteiger partial charge in [0.1, 0.15) is 0 Å². The van der Waals surface area contributed by atoms with Crippen molar-refractivity contribution in [2.24, 2.45) is 5.41 Å². The third-order valence-electron chi connectivity index (χ3n) is 2.94. The van der Waals surface area contributed by atoms with E-state index in [9.17, 15) is 14.9 Å². The van der Waals surface area contributed by atoms with Crippen LogP contribution in [-0.2, 0) is 0 Å². The van der Waals surface area contributed by atoms with Crippen molar-refractivity contribution in [1.29, 1.82) is 0 Å². The van der Waals surface area contributed by atoms with E-state index < -0.39 is 10.9 Å². The van der Waals surface area contributed by atoms with Crippen molar-refractivity contribution in [1.82, 2.24) is 4.98 Å². The first-order valence-electron chi connectivity index (χ1n) is 5.78. The molecule has 1 unspecified atom stereocenters. The van der Waals surface area contributed by atoms with Crippen LogP contribution in [0.1, 0.15) is 38.2 Å². The molecule has 1 heterocycles. The van der Waals surface area contributed by atoms with Crippen molar-refractivity contribution in [3.63, 3.8) is 0 Å². The molecule has 0 aliphatic carbocycles. The number of hydrogen-bond donors (Lipinski definition) is 2. The summed E-state index contributed by atoms with van der Waals surface area (Å²) < 4.78 is 0. The van der Waals surface area contributed by atoms with Gasteiger partial charge in [0.15, 0.2) is 5.69 Å². The van der Waals surface area contributed by atoms with E-state index in [1.807, 2.05) is 27.7 Å². The third-order valence-corrected chi connectivity index (χ3v) is 2.94. The number of nitro groups is 1. The van der Waals surface area contributed by atoms with Crippen LogP contribution in [0.4, 0.5) is 11.5 Å². The molecule has 0 aliphatic rings. The van der Waals surface area contributed by atoms with Crippen LogP contribution in [0.2, 0.25) is 0 Å². The summed E-state index contributed by atoms with van der Waals surface area (Å²) in [7, 11) is 0. The van der Waals surface area contributed by atoms with Crippen LogP contribution >= 0.6 is 0 Å². The molecule has 2 N–H and O–H groups in total. The highest BCUT2D eigenvalue weighted by molar-refractivity contribution is 5.86. The Morgan fingerprint density at radius 1 is 1.47 bits per heavy atom. The Morgan fingerprint density at radius 2 is 2.05 bits per heavy atom. The van der Waals surface area contributed by atoms with Crippen LogP contribution in [0.25, 0.3) is 0 Å². The Morgan fingerprint density at radius 3 is 2.47 bits per heavy atom. The van der Waals surface area contributed by atoms with Gasteiger partial charge in [-0.05, 0) is 18.4 Å². The number of anilines is 1. The molecule has 0 amide bonds. The molecular weight excluding hydrogens is 250 g/mol. The molecule has 1 aromatic heterocycles. The van der Waals surface area contributed by atoms with Crippen molar-refractivity contribution < 1.29 is 14.8 Å². The van der Waals surface area contributed by atoms with Crippen LogP contribution < -0.4 is 5.32 Å². The number of aromatic carboxylic acids is 1. The molecule has 1 atom stereocenters. The molecule has 0 saturated heterocycles. The molecule has 0 fully saturated rings. The summed E-state index contributed by atoms with van der Waals surface area (Å²) in [5, 5.41) is 22.7. The van der Waals surface area contributed by atoms with Gasteiger partial charge in [0.05, 0.1) is 4.92 Å². The fraction of sp³-hybridized carbons (Fsp3) is 0.500. The fourth-order valence-corrected chi connectivity index (χ4v) is 1.25. The number of rotatable bonds is 4. The minimum Gasteiger partial charge on any atom is -0.477 e. The van der Waals surface area contributed by atoms with E-state index >= 15 is 0 Å². The zero-order chi connectivity index (χ0) is 14.8. The SMILES string of the molecule is CC(Nc1nc(C(=O)O)ccc1[N+](=O)[O-])C(C)(C)C. The maximum Gasteiger partial charge on any atom is 0.354 e. The molecule has 19 heavy (non-hydrogen) atoms. The number of aromatic nitrogens is 1. The van der Waals surface area contributed by atoms with E-state index in [-0.39, 0.29) is 28.7 Å². The van der Waals surface area contributed by atoms with Gasteiger partial charge in [0.25, 0.3) is 0 Å². The average molecular weight is 267 g/mol. The van der Waals surface area contributed by atoms with Crippen LogP contribution in [-0.4, -0.2) is 27.0 Å². The predicted molar refractivity (Wildman–Crippen MR) is 70.4 cm³/mol. The van der Waals surface area contributed by atoms with Crippen molar-refractivity contribution in [2.75, 3.05) is 5.32 Å². The molecule has 1 rings (SSSR count). The lowest BCUT2D eigenvalue weighted by atomic mass is 9.88. The second-order valence-corrected chi connectivity index (χ2v) is 5.36. The maximum atomic E-state index is 10.9. The zero-order valence-corrected chi connectivity index (χ0v) is 11.3. The molecule has 1 aromatic rings. The standard InChI is InChI=1S/C12H17N3O4/c1-7(12(2,3)4)13-10-9(15(18)19)6-5-8(14-10)11(16)17/h5-7H,1-4H3,(H,13,14)(H,16,17). The first-order valence-corrected chi connectivity index (χ1v) is 5.78. The quantitative estimate of drug-likeness (QED) is 0.641. The second kappa shape index (κ2) is 5.21. The minimum absolute atomic E-state index is 0.0210. The Labute approximate surface area is 110 Å². The lowest BCUT2D eigenvalue weighted by Gasteiger charge is -2.28. The summed E-state index contributed by atoms with van der Waals surface area (Å²) in [5.74, 6) is -1.24. The highest BCUT2D eigenvalue weighted by Gasteiger charge is 2.25. The summed E-state index contributed by atoms with van der Waals surface area (Å²) >= 11 is 0. The van der Waals surface area contributed by atoms with Crippen LogP contribution in [0.5, 0.6) is 0 Å². The van der Waals surface area contributed by atoms with E-state index in [1.165, 1.54) is 0 Å². The van der Waals surface area contributed by atoms with E-state index in [1.54, 1.807) is 0 Å². The fourth-order valence-electron chi connectivity index (χ4n) is 1.25. The largest absolute Gasteiger partial charge is 0.477 e. The van der Waals surface area contributed by atoms with Gasteiger partial charge < -0.3 is 10.4 Å². The van der Waals surface area contributed by atoms with E-state index in [2.05, 4.69) is 10.3 Å². The lowest BCUT2D eigenvalue weighted by Crippen LogP contribution is -2.31. The zero-order valence-electron chi connectivity index (χ0n) is 11.3. The van der Waals surface area contributed by atoms with Crippen molar-refractivity contribution in [3.05, 3.63) is 27.9 Å². The Balaban J connectivity index is 3.18. The van der Waals surface area contributed by atoms with Gasteiger partial charge in [-0.25, -0.2) is 9.78 Å². The minimum atomic E-state index is -1.22. The van der Waals surface area contributed by atoms with Crippen molar-refractivity contribution >= 4 is 17.5 Å². The Bertz CT molecular complexity index is 508. The normalized spacial score (nSPS) is 12.8. The predicted octanol–water partition coefficient (Wildman–Crippen LogP) is 2.53. The smallest absolute Gasteiger partial charge is 0.354 e. The number of carbonyl (C=O) groups is 1. The number of hydrogen-bond acceptors (Lipinski definition) is 5. The number of nitrogens with zero attached hydrogens (tertiary/aromatic N) is 2.